The molecule has 0 bridgehead atoms. The van der Waals surface area contributed by atoms with Gasteiger partial charge in [0.2, 0.25) is 5.91 Å². The minimum absolute atomic E-state index is 0.0575. The van der Waals surface area contributed by atoms with Crippen molar-refractivity contribution >= 4 is 29.3 Å². The first kappa shape index (κ1) is 16.2. The van der Waals surface area contributed by atoms with Crippen LogP contribution in [0.3, 0.4) is 0 Å². The standard InChI is InChI=1S/C16H9ClF3NO3/c17-11-8-10(18)3-4-12(11)21-15(22)6-2-9-1-5-13-14(7-9)24-16(19,20)23-13/h1-8H,(H,21,22). The van der Waals surface area contributed by atoms with Gasteiger partial charge in [0.15, 0.2) is 11.5 Å². The first-order chi connectivity index (χ1) is 11.3. The topological polar surface area (TPSA) is 47.6 Å². The van der Waals surface area contributed by atoms with Crippen LogP contribution in [0.2, 0.25) is 5.02 Å². The largest absolute Gasteiger partial charge is 0.586 e. The lowest BCUT2D eigenvalue weighted by Crippen LogP contribution is -2.25. The molecule has 4 nitrogen and oxygen atoms in total. The smallest absolute Gasteiger partial charge is 0.395 e. The number of carbonyl (C=O) groups is 1. The lowest BCUT2D eigenvalue weighted by molar-refractivity contribution is -0.286. The first-order valence-corrected chi connectivity index (χ1v) is 7.04. The van der Waals surface area contributed by atoms with E-state index in [1.807, 2.05) is 0 Å². The van der Waals surface area contributed by atoms with E-state index in [-0.39, 0.29) is 22.2 Å². The molecule has 1 aliphatic rings. The molecule has 2 aromatic carbocycles. The number of hydrogen-bond donors (Lipinski definition) is 1. The highest BCUT2D eigenvalue weighted by Crippen LogP contribution is 2.41. The Balaban J connectivity index is 1.69. The third-order valence-electron chi connectivity index (χ3n) is 3.04. The van der Waals surface area contributed by atoms with Gasteiger partial charge in [0.25, 0.3) is 0 Å². The molecule has 124 valence electrons. The van der Waals surface area contributed by atoms with E-state index in [0.717, 1.165) is 12.1 Å². The van der Waals surface area contributed by atoms with Gasteiger partial charge in [0.1, 0.15) is 5.82 Å². The Kier molecular flexibility index (Phi) is 4.11. The summed E-state index contributed by atoms with van der Waals surface area (Å²) in [5.74, 6) is -1.25. The maximum absolute atomic E-state index is 12.9. The molecule has 0 fully saturated rings. The second-order valence-corrected chi connectivity index (χ2v) is 5.23. The number of rotatable bonds is 3. The normalized spacial score (nSPS) is 14.8. The van der Waals surface area contributed by atoms with E-state index < -0.39 is 18.0 Å². The van der Waals surface area contributed by atoms with E-state index in [4.69, 9.17) is 11.6 Å². The van der Waals surface area contributed by atoms with Crippen LogP contribution in [0, 0.1) is 5.82 Å². The maximum atomic E-state index is 12.9. The molecule has 1 amide bonds. The van der Waals surface area contributed by atoms with Crippen molar-refractivity contribution in [3.05, 3.63) is 58.9 Å². The van der Waals surface area contributed by atoms with E-state index in [1.54, 1.807) is 0 Å². The highest BCUT2D eigenvalue weighted by molar-refractivity contribution is 6.33. The zero-order valence-corrected chi connectivity index (χ0v) is 12.6. The Morgan fingerprint density at radius 2 is 1.88 bits per heavy atom. The lowest BCUT2D eigenvalue weighted by atomic mass is 10.2. The Hall–Kier alpha value is -2.67. The van der Waals surface area contributed by atoms with Crippen molar-refractivity contribution in [3.63, 3.8) is 0 Å². The number of ether oxygens (including phenoxy) is 2. The van der Waals surface area contributed by atoms with Crippen molar-refractivity contribution in [2.75, 3.05) is 5.32 Å². The van der Waals surface area contributed by atoms with Crippen LogP contribution in [0.1, 0.15) is 5.56 Å². The number of carbonyl (C=O) groups excluding carboxylic acids is 1. The predicted molar refractivity (Wildman–Crippen MR) is 81.7 cm³/mol. The monoisotopic (exact) mass is 355 g/mol. The number of halogens is 4. The summed E-state index contributed by atoms with van der Waals surface area (Å²) in [6.45, 7) is 0. The van der Waals surface area contributed by atoms with Crippen molar-refractivity contribution < 1.29 is 27.4 Å². The van der Waals surface area contributed by atoms with Gasteiger partial charge < -0.3 is 14.8 Å². The van der Waals surface area contributed by atoms with Crippen molar-refractivity contribution in [3.8, 4) is 11.5 Å². The minimum atomic E-state index is -3.69. The molecule has 0 unspecified atom stereocenters. The van der Waals surface area contributed by atoms with Crippen LogP contribution in [0.5, 0.6) is 11.5 Å². The van der Waals surface area contributed by atoms with Gasteiger partial charge in [-0.15, -0.1) is 8.78 Å². The summed E-state index contributed by atoms with van der Waals surface area (Å²) in [6, 6.07) is 7.65. The second kappa shape index (κ2) is 6.09. The maximum Gasteiger partial charge on any atom is 0.586 e. The van der Waals surface area contributed by atoms with Gasteiger partial charge >= 0.3 is 6.29 Å². The molecule has 3 rings (SSSR count). The fraction of sp³-hybridized carbons (Fsp3) is 0.0625. The van der Waals surface area contributed by atoms with Crippen LogP contribution in [-0.4, -0.2) is 12.2 Å². The molecule has 8 heteroatoms. The molecule has 0 aromatic heterocycles. The highest BCUT2D eigenvalue weighted by Gasteiger charge is 2.43. The van der Waals surface area contributed by atoms with Crippen molar-refractivity contribution in [2.24, 2.45) is 0 Å². The van der Waals surface area contributed by atoms with Gasteiger partial charge in [-0.1, -0.05) is 17.7 Å². The SMILES string of the molecule is O=C(C=Cc1ccc2c(c1)OC(F)(F)O2)Nc1ccc(F)cc1Cl. The minimum Gasteiger partial charge on any atom is -0.395 e. The van der Waals surface area contributed by atoms with E-state index in [0.29, 0.717) is 5.56 Å². The number of alkyl halides is 2. The number of hydrogen-bond acceptors (Lipinski definition) is 3. The number of anilines is 1. The zero-order valence-electron chi connectivity index (χ0n) is 11.9. The zero-order chi connectivity index (χ0) is 17.3. The van der Waals surface area contributed by atoms with Gasteiger partial charge in [-0.05, 0) is 42.0 Å². The summed E-state index contributed by atoms with van der Waals surface area (Å²) in [6.07, 6.45) is -1.12. The molecule has 1 aliphatic heterocycles. The van der Waals surface area contributed by atoms with Gasteiger partial charge in [-0.25, -0.2) is 4.39 Å². The molecule has 0 aliphatic carbocycles. The van der Waals surface area contributed by atoms with Crippen molar-refractivity contribution in [1.29, 1.82) is 0 Å². The third-order valence-corrected chi connectivity index (χ3v) is 3.35. The lowest BCUT2D eigenvalue weighted by Gasteiger charge is -2.04. The molecule has 0 atom stereocenters. The summed E-state index contributed by atoms with van der Waals surface area (Å²) >= 11 is 5.80. The Labute approximate surface area is 139 Å². The number of benzene rings is 2. The molecule has 0 saturated heterocycles. The Morgan fingerprint density at radius 1 is 1.12 bits per heavy atom. The quantitative estimate of drug-likeness (QED) is 0.827. The van der Waals surface area contributed by atoms with E-state index in [2.05, 4.69) is 14.8 Å². The van der Waals surface area contributed by atoms with E-state index in [9.17, 15) is 18.0 Å². The summed E-state index contributed by atoms with van der Waals surface area (Å²) in [7, 11) is 0. The van der Waals surface area contributed by atoms with Gasteiger partial charge in [-0.2, -0.15) is 0 Å². The van der Waals surface area contributed by atoms with Crippen LogP contribution < -0.4 is 14.8 Å². The molecule has 1 N–H and O–H groups in total. The molecule has 24 heavy (non-hydrogen) atoms. The molecule has 0 spiro atoms. The average Bonchev–Trinajstić information content (AvgIpc) is 2.81. The number of nitrogens with one attached hydrogen (secondary N) is 1. The Bertz CT molecular complexity index is 839. The van der Waals surface area contributed by atoms with Gasteiger partial charge in [0, 0.05) is 6.08 Å². The Morgan fingerprint density at radius 3 is 2.62 bits per heavy atom. The van der Waals surface area contributed by atoms with Crippen LogP contribution in [-0.2, 0) is 4.79 Å². The average molecular weight is 356 g/mol. The van der Waals surface area contributed by atoms with Crippen LogP contribution >= 0.6 is 11.6 Å². The third kappa shape index (κ3) is 3.62. The van der Waals surface area contributed by atoms with Crippen molar-refractivity contribution in [2.45, 2.75) is 6.29 Å². The van der Waals surface area contributed by atoms with Crippen LogP contribution in [0.4, 0.5) is 18.9 Å². The van der Waals surface area contributed by atoms with E-state index in [1.165, 1.54) is 36.4 Å². The second-order valence-electron chi connectivity index (χ2n) is 4.82. The molecular formula is C16H9ClF3NO3. The van der Waals surface area contributed by atoms with Gasteiger partial charge in [0.05, 0.1) is 10.7 Å². The molecule has 0 radical (unpaired) electrons. The van der Waals surface area contributed by atoms with Crippen LogP contribution in [0.15, 0.2) is 42.5 Å². The summed E-state index contributed by atoms with van der Waals surface area (Å²) in [5, 5.41) is 2.53. The van der Waals surface area contributed by atoms with E-state index >= 15 is 0 Å². The predicted octanol–water partition coefficient (Wildman–Crippen LogP) is 4.45. The number of fused-ring (bicyclic) bond motifs is 1. The van der Waals surface area contributed by atoms with Crippen molar-refractivity contribution in [1.82, 2.24) is 0 Å². The highest BCUT2D eigenvalue weighted by atomic mass is 35.5. The fourth-order valence-electron chi connectivity index (χ4n) is 2.01. The molecule has 0 saturated carbocycles. The van der Waals surface area contributed by atoms with Gasteiger partial charge in [-0.3, -0.25) is 4.79 Å². The molecule has 2 aromatic rings. The summed E-state index contributed by atoms with van der Waals surface area (Å²) in [4.78, 5) is 11.8. The fourth-order valence-corrected chi connectivity index (χ4v) is 2.22. The molecular weight excluding hydrogens is 347 g/mol. The van der Waals surface area contributed by atoms with Crippen LogP contribution in [0.25, 0.3) is 6.08 Å². The summed E-state index contributed by atoms with van der Waals surface area (Å²) in [5.41, 5.74) is 0.702. The first-order valence-electron chi connectivity index (χ1n) is 6.66. The summed E-state index contributed by atoms with van der Waals surface area (Å²) < 4.78 is 47.4. The number of amides is 1. The molecule has 1 heterocycles.